The van der Waals surface area contributed by atoms with Gasteiger partial charge < -0.3 is 20.4 Å². The second-order valence-electron chi connectivity index (χ2n) is 4.08. The second kappa shape index (κ2) is 6.06. The Morgan fingerprint density at radius 1 is 1.61 bits per heavy atom. The Kier molecular flexibility index (Phi) is 4.43. The van der Waals surface area contributed by atoms with Gasteiger partial charge in [-0.25, -0.2) is 0 Å². The Morgan fingerprint density at radius 2 is 2.44 bits per heavy atom. The topological polar surface area (TPSA) is 77.1 Å². The molecule has 1 saturated heterocycles. The highest BCUT2D eigenvalue weighted by atomic mass is 79.9. The van der Waals surface area contributed by atoms with E-state index < -0.39 is 0 Å². The number of ether oxygens (including phenoxy) is 2. The summed E-state index contributed by atoms with van der Waals surface area (Å²) in [4.78, 5) is 0. The first-order valence-corrected chi connectivity index (χ1v) is 6.52. The van der Waals surface area contributed by atoms with Crippen LogP contribution in [0, 0.1) is 0 Å². The van der Waals surface area contributed by atoms with E-state index >= 15 is 0 Å². The molecule has 1 unspecified atom stereocenters. The van der Waals surface area contributed by atoms with Crippen molar-refractivity contribution in [2.24, 2.45) is 10.9 Å². The van der Waals surface area contributed by atoms with Crippen LogP contribution in [0.3, 0.4) is 0 Å². The lowest BCUT2D eigenvalue weighted by Crippen LogP contribution is -2.17. The Morgan fingerprint density at radius 3 is 3.06 bits per heavy atom. The molecule has 1 heterocycles. The van der Waals surface area contributed by atoms with Crippen LogP contribution in [0.2, 0.25) is 0 Å². The van der Waals surface area contributed by atoms with Crippen molar-refractivity contribution in [3.05, 3.63) is 28.2 Å². The lowest BCUT2D eigenvalue weighted by molar-refractivity contribution is 0.0677. The predicted molar refractivity (Wildman–Crippen MR) is 71.1 cm³/mol. The molecule has 0 bridgehead atoms. The number of amidine groups is 1. The fraction of sp³-hybridized carbons (Fsp3) is 0.417. The molecule has 1 aromatic carbocycles. The van der Waals surface area contributed by atoms with Crippen LogP contribution in [0.4, 0.5) is 0 Å². The van der Waals surface area contributed by atoms with Crippen molar-refractivity contribution in [2.75, 3.05) is 13.2 Å². The molecular formula is C12H15BrN2O3. The number of rotatable bonds is 4. The van der Waals surface area contributed by atoms with Gasteiger partial charge >= 0.3 is 0 Å². The quantitative estimate of drug-likeness (QED) is 0.386. The van der Waals surface area contributed by atoms with Crippen molar-refractivity contribution in [2.45, 2.75) is 18.9 Å². The zero-order chi connectivity index (χ0) is 13.0. The molecule has 0 aromatic heterocycles. The molecular weight excluding hydrogens is 300 g/mol. The Bertz CT molecular complexity index is 445. The minimum Gasteiger partial charge on any atom is -0.490 e. The summed E-state index contributed by atoms with van der Waals surface area (Å²) in [6.07, 6.45) is 2.32. The molecule has 6 heteroatoms. The van der Waals surface area contributed by atoms with Crippen LogP contribution in [-0.4, -0.2) is 30.4 Å². The second-order valence-corrected chi connectivity index (χ2v) is 4.93. The van der Waals surface area contributed by atoms with Gasteiger partial charge in [0.2, 0.25) is 0 Å². The predicted octanol–water partition coefficient (Wildman–Crippen LogP) is 2.10. The fourth-order valence-electron chi connectivity index (χ4n) is 1.79. The summed E-state index contributed by atoms with van der Waals surface area (Å²) in [6.45, 7) is 1.36. The average molecular weight is 315 g/mol. The number of nitrogens with two attached hydrogens (primary N) is 1. The molecule has 1 fully saturated rings. The van der Waals surface area contributed by atoms with Crippen molar-refractivity contribution >= 4 is 21.8 Å². The van der Waals surface area contributed by atoms with E-state index in [0.717, 1.165) is 29.7 Å². The third-order valence-electron chi connectivity index (χ3n) is 2.78. The van der Waals surface area contributed by atoms with Crippen LogP contribution >= 0.6 is 15.9 Å². The smallest absolute Gasteiger partial charge is 0.170 e. The molecule has 98 valence electrons. The van der Waals surface area contributed by atoms with Crippen molar-refractivity contribution < 1.29 is 14.7 Å². The molecule has 3 N–H and O–H groups in total. The average Bonchev–Trinajstić information content (AvgIpc) is 2.89. The maximum atomic E-state index is 8.60. The lowest BCUT2D eigenvalue weighted by Gasteiger charge is -2.13. The summed E-state index contributed by atoms with van der Waals surface area (Å²) in [5.41, 5.74) is 6.14. The van der Waals surface area contributed by atoms with E-state index in [9.17, 15) is 0 Å². The molecule has 1 atom stereocenters. The Balaban J connectivity index is 2.00. The summed E-state index contributed by atoms with van der Waals surface area (Å²) >= 11 is 3.40. The maximum Gasteiger partial charge on any atom is 0.170 e. The first-order chi connectivity index (χ1) is 8.70. The monoisotopic (exact) mass is 314 g/mol. The van der Waals surface area contributed by atoms with Gasteiger partial charge in [0.25, 0.3) is 0 Å². The fourth-order valence-corrected chi connectivity index (χ4v) is 2.29. The number of oxime groups is 1. The number of halogens is 1. The van der Waals surface area contributed by atoms with Gasteiger partial charge in [0.1, 0.15) is 12.4 Å². The summed E-state index contributed by atoms with van der Waals surface area (Å²) in [5, 5.41) is 11.5. The van der Waals surface area contributed by atoms with E-state index in [2.05, 4.69) is 21.1 Å². The number of nitrogens with zero attached hydrogens (tertiary/aromatic N) is 1. The van der Waals surface area contributed by atoms with Crippen molar-refractivity contribution in [1.82, 2.24) is 0 Å². The summed E-state index contributed by atoms with van der Waals surface area (Å²) in [7, 11) is 0. The Hall–Kier alpha value is -1.27. The van der Waals surface area contributed by atoms with Crippen LogP contribution < -0.4 is 10.5 Å². The van der Waals surface area contributed by atoms with E-state index in [1.165, 1.54) is 0 Å². The minimum absolute atomic E-state index is 0.0707. The van der Waals surface area contributed by atoms with Gasteiger partial charge in [-0.2, -0.15) is 0 Å². The SMILES string of the molecule is N/C(=N/O)c1ccc(OCC2CCCO2)c(Br)c1. The molecule has 0 radical (unpaired) electrons. The standard InChI is InChI=1S/C12H15BrN2O3/c13-10-6-8(12(14)15-16)3-4-11(10)18-7-9-2-1-5-17-9/h3-4,6,9,16H,1-2,5,7H2,(H2,14,15). The van der Waals surface area contributed by atoms with Crippen LogP contribution in [0.5, 0.6) is 5.75 Å². The third kappa shape index (κ3) is 3.14. The normalized spacial score (nSPS) is 20.1. The summed E-state index contributed by atoms with van der Waals surface area (Å²) in [6, 6.07) is 5.27. The Labute approximate surface area is 114 Å². The molecule has 0 saturated carbocycles. The van der Waals surface area contributed by atoms with Gasteiger partial charge in [0.05, 0.1) is 10.6 Å². The van der Waals surface area contributed by atoms with Gasteiger partial charge in [0, 0.05) is 12.2 Å². The van der Waals surface area contributed by atoms with Gasteiger partial charge in [-0.05, 0) is 47.0 Å². The molecule has 18 heavy (non-hydrogen) atoms. The largest absolute Gasteiger partial charge is 0.490 e. The first kappa shape index (κ1) is 13.2. The molecule has 0 aliphatic carbocycles. The van der Waals surface area contributed by atoms with Crippen molar-refractivity contribution in [1.29, 1.82) is 0 Å². The molecule has 1 aliphatic heterocycles. The lowest BCUT2D eigenvalue weighted by atomic mass is 10.2. The van der Waals surface area contributed by atoms with Crippen molar-refractivity contribution in [3.63, 3.8) is 0 Å². The van der Waals surface area contributed by atoms with E-state index in [1.807, 2.05) is 0 Å². The maximum absolute atomic E-state index is 8.60. The van der Waals surface area contributed by atoms with Crippen molar-refractivity contribution in [3.8, 4) is 5.75 Å². The molecule has 2 rings (SSSR count). The molecule has 0 amide bonds. The van der Waals surface area contributed by atoms with Crippen LogP contribution in [0.15, 0.2) is 27.8 Å². The highest BCUT2D eigenvalue weighted by Crippen LogP contribution is 2.26. The zero-order valence-corrected chi connectivity index (χ0v) is 11.4. The van der Waals surface area contributed by atoms with Gasteiger partial charge in [0.15, 0.2) is 5.84 Å². The molecule has 1 aromatic rings. The van der Waals surface area contributed by atoms with Gasteiger partial charge in [-0.1, -0.05) is 5.16 Å². The van der Waals surface area contributed by atoms with Crippen LogP contribution in [-0.2, 0) is 4.74 Å². The minimum atomic E-state index is 0.0707. The highest BCUT2D eigenvalue weighted by Gasteiger charge is 2.16. The molecule has 1 aliphatic rings. The third-order valence-corrected chi connectivity index (χ3v) is 3.40. The summed E-state index contributed by atoms with van der Waals surface area (Å²) < 4.78 is 11.9. The van der Waals surface area contributed by atoms with E-state index in [0.29, 0.717) is 12.2 Å². The zero-order valence-electron chi connectivity index (χ0n) is 9.80. The van der Waals surface area contributed by atoms with Gasteiger partial charge in [-0.15, -0.1) is 0 Å². The highest BCUT2D eigenvalue weighted by molar-refractivity contribution is 9.10. The number of hydrogen-bond donors (Lipinski definition) is 2. The van der Waals surface area contributed by atoms with Crippen LogP contribution in [0.1, 0.15) is 18.4 Å². The van der Waals surface area contributed by atoms with E-state index in [1.54, 1.807) is 18.2 Å². The molecule has 5 nitrogen and oxygen atoms in total. The number of hydrogen-bond acceptors (Lipinski definition) is 4. The summed E-state index contributed by atoms with van der Waals surface area (Å²) in [5.74, 6) is 0.793. The number of benzene rings is 1. The molecule has 0 spiro atoms. The van der Waals surface area contributed by atoms with Crippen LogP contribution in [0.25, 0.3) is 0 Å². The first-order valence-electron chi connectivity index (χ1n) is 5.72. The van der Waals surface area contributed by atoms with E-state index in [4.69, 9.17) is 20.4 Å². The van der Waals surface area contributed by atoms with Gasteiger partial charge in [-0.3, -0.25) is 0 Å². The van der Waals surface area contributed by atoms with E-state index in [-0.39, 0.29) is 11.9 Å².